The van der Waals surface area contributed by atoms with Crippen LogP contribution in [-0.2, 0) is 0 Å². The van der Waals surface area contributed by atoms with E-state index in [1.807, 2.05) is 37.3 Å². The summed E-state index contributed by atoms with van der Waals surface area (Å²) < 4.78 is 4.99. The average molecular weight is 226 g/mol. The summed E-state index contributed by atoms with van der Waals surface area (Å²) in [4.78, 5) is 4.10. The number of hydrogen-bond donors (Lipinski definition) is 1. The summed E-state index contributed by atoms with van der Waals surface area (Å²) in [6.07, 6.45) is 1.65. The summed E-state index contributed by atoms with van der Waals surface area (Å²) in [6, 6.07) is 11.5. The van der Waals surface area contributed by atoms with Crippen LogP contribution in [0.3, 0.4) is 0 Å². The first-order valence-electron chi connectivity index (χ1n) is 5.36. The van der Waals surface area contributed by atoms with Gasteiger partial charge in [0.05, 0.1) is 12.8 Å². The van der Waals surface area contributed by atoms with E-state index in [1.165, 1.54) is 5.56 Å². The van der Waals surface area contributed by atoms with E-state index < -0.39 is 0 Å². The molecule has 1 aromatic heterocycles. The highest BCUT2D eigenvalue weighted by Crippen LogP contribution is 2.12. The Morgan fingerprint density at radius 3 is 2.24 bits per heavy atom. The van der Waals surface area contributed by atoms with E-state index in [-0.39, 0.29) is 0 Å². The van der Waals surface area contributed by atoms with Crippen molar-refractivity contribution in [2.75, 3.05) is 7.11 Å². The van der Waals surface area contributed by atoms with Crippen molar-refractivity contribution in [3.8, 4) is 5.88 Å². The van der Waals surface area contributed by atoms with Crippen LogP contribution in [0.25, 0.3) is 0 Å². The third-order valence-electron chi connectivity index (χ3n) is 2.57. The van der Waals surface area contributed by atoms with E-state index in [2.05, 4.69) is 4.98 Å². The Bertz CT molecular complexity index is 515. The molecular weight excluding hydrogens is 212 g/mol. The van der Waals surface area contributed by atoms with E-state index in [9.17, 15) is 0 Å². The monoisotopic (exact) mass is 226 g/mol. The highest BCUT2D eigenvalue weighted by molar-refractivity contribution is 6.10. The van der Waals surface area contributed by atoms with Crippen molar-refractivity contribution >= 4 is 5.71 Å². The molecule has 1 aromatic carbocycles. The van der Waals surface area contributed by atoms with E-state index in [4.69, 9.17) is 10.1 Å². The van der Waals surface area contributed by atoms with Crippen LogP contribution in [0, 0.1) is 12.3 Å². The molecule has 0 spiro atoms. The van der Waals surface area contributed by atoms with E-state index in [0.717, 1.165) is 11.1 Å². The van der Waals surface area contributed by atoms with Crippen LogP contribution in [0.2, 0.25) is 0 Å². The summed E-state index contributed by atoms with van der Waals surface area (Å²) in [7, 11) is 1.58. The SMILES string of the molecule is COc1ccc(C(=N)c2ccc(C)cc2)cn1. The van der Waals surface area contributed by atoms with Crippen molar-refractivity contribution < 1.29 is 4.74 Å². The predicted octanol–water partition coefficient (Wildman–Crippen LogP) is 2.81. The lowest BCUT2D eigenvalue weighted by Gasteiger charge is -2.05. The third-order valence-corrected chi connectivity index (χ3v) is 2.57. The Balaban J connectivity index is 2.27. The van der Waals surface area contributed by atoms with Crippen molar-refractivity contribution in [1.29, 1.82) is 5.41 Å². The van der Waals surface area contributed by atoms with Gasteiger partial charge in [0.25, 0.3) is 0 Å². The second-order valence-electron chi connectivity index (χ2n) is 3.83. The van der Waals surface area contributed by atoms with Gasteiger partial charge in [0.1, 0.15) is 0 Å². The quantitative estimate of drug-likeness (QED) is 0.818. The van der Waals surface area contributed by atoms with Crippen LogP contribution in [-0.4, -0.2) is 17.8 Å². The maximum Gasteiger partial charge on any atom is 0.212 e. The standard InChI is InChI=1S/C14H14N2O/c1-10-3-5-11(6-4-10)14(15)12-7-8-13(17-2)16-9-12/h3-9,15H,1-2H3. The number of nitrogens with one attached hydrogen (secondary N) is 1. The lowest BCUT2D eigenvalue weighted by molar-refractivity contribution is 0.398. The van der Waals surface area contributed by atoms with Gasteiger partial charge in [-0.05, 0) is 13.0 Å². The van der Waals surface area contributed by atoms with E-state index in [0.29, 0.717) is 11.6 Å². The number of aryl methyl sites for hydroxylation is 1. The fourth-order valence-corrected chi connectivity index (χ4v) is 1.54. The molecule has 0 aliphatic rings. The van der Waals surface area contributed by atoms with Crippen LogP contribution < -0.4 is 4.74 Å². The number of pyridine rings is 1. The first-order chi connectivity index (χ1) is 8.20. The van der Waals surface area contributed by atoms with Crippen molar-refractivity contribution in [2.45, 2.75) is 6.92 Å². The lowest BCUT2D eigenvalue weighted by atomic mass is 10.0. The van der Waals surface area contributed by atoms with Gasteiger partial charge in [0, 0.05) is 23.4 Å². The van der Waals surface area contributed by atoms with E-state index >= 15 is 0 Å². The fraction of sp³-hybridized carbons (Fsp3) is 0.143. The number of hydrogen-bond acceptors (Lipinski definition) is 3. The van der Waals surface area contributed by atoms with Crippen molar-refractivity contribution in [1.82, 2.24) is 4.98 Å². The largest absolute Gasteiger partial charge is 0.481 e. The van der Waals surface area contributed by atoms with Crippen LogP contribution >= 0.6 is 0 Å². The van der Waals surface area contributed by atoms with Gasteiger partial charge in [0.15, 0.2) is 0 Å². The molecule has 0 saturated heterocycles. The van der Waals surface area contributed by atoms with Gasteiger partial charge in [-0.1, -0.05) is 29.8 Å². The molecule has 1 heterocycles. The molecule has 0 atom stereocenters. The molecule has 0 amide bonds. The molecule has 0 saturated carbocycles. The summed E-state index contributed by atoms with van der Waals surface area (Å²) in [5.74, 6) is 0.561. The van der Waals surface area contributed by atoms with Crippen molar-refractivity contribution in [3.63, 3.8) is 0 Å². The Morgan fingerprint density at radius 2 is 1.71 bits per heavy atom. The summed E-state index contributed by atoms with van der Waals surface area (Å²) in [5.41, 5.74) is 3.34. The highest BCUT2D eigenvalue weighted by atomic mass is 16.5. The molecule has 3 heteroatoms. The molecule has 86 valence electrons. The Hall–Kier alpha value is -2.16. The van der Waals surface area contributed by atoms with Crippen LogP contribution in [0.5, 0.6) is 5.88 Å². The highest BCUT2D eigenvalue weighted by Gasteiger charge is 2.05. The molecule has 17 heavy (non-hydrogen) atoms. The molecular formula is C14H14N2O. The second kappa shape index (κ2) is 4.78. The van der Waals surface area contributed by atoms with Crippen LogP contribution in [0.4, 0.5) is 0 Å². The zero-order valence-electron chi connectivity index (χ0n) is 9.90. The smallest absolute Gasteiger partial charge is 0.212 e. The molecule has 0 bridgehead atoms. The number of ether oxygens (including phenoxy) is 1. The van der Waals surface area contributed by atoms with Crippen molar-refractivity contribution in [3.05, 3.63) is 59.3 Å². The van der Waals surface area contributed by atoms with Gasteiger partial charge < -0.3 is 4.74 Å². The molecule has 0 fully saturated rings. The minimum Gasteiger partial charge on any atom is -0.481 e. The topological polar surface area (TPSA) is 46.0 Å². The third kappa shape index (κ3) is 2.50. The van der Waals surface area contributed by atoms with Crippen molar-refractivity contribution in [2.24, 2.45) is 0 Å². The summed E-state index contributed by atoms with van der Waals surface area (Å²) >= 11 is 0. The molecule has 0 unspecified atom stereocenters. The second-order valence-corrected chi connectivity index (χ2v) is 3.83. The summed E-state index contributed by atoms with van der Waals surface area (Å²) in [6.45, 7) is 2.03. The molecule has 0 aliphatic carbocycles. The number of aromatic nitrogens is 1. The predicted molar refractivity (Wildman–Crippen MR) is 67.9 cm³/mol. The first-order valence-corrected chi connectivity index (χ1v) is 5.36. The Labute approximate surface area is 101 Å². The number of rotatable bonds is 3. The molecule has 3 nitrogen and oxygen atoms in total. The molecule has 1 N–H and O–H groups in total. The molecule has 2 rings (SSSR count). The zero-order valence-corrected chi connectivity index (χ0v) is 9.90. The Kier molecular flexibility index (Phi) is 3.19. The Morgan fingerprint density at radius 1 is 1.06 bits per heavy atom. The van der Waals surface area contributed by atoms with Gasteiger partial charge in [-0.2, -0.15) is 0 Å². The minimum absolute atomic E-state index is 0.472. The number of benzene rings is 1. The maximum atomic E-state index is 8.09. The van der Waals surface area contributed by atoms with Gasteiger partial charge in [0.2, 0.25) is 5.88 Å². The first kappa shape index (κ1) is 11.3. The van der Waals surface area contributed by atoms with Crippen LogP contribution in [0.1, 0.15) is 16.7 Å². The van der Waals surface area contributed by atoms with Gasteiger partial charge >= 0.3 is 0 Å². The minimum atomic E-state index is 0.472. The fourth-order valence-electron chi connectivity index (χ4n) is 1.54. The van der Waals surface area contributed by atoms with Gasteiger partial charge in [-0.15, -0.1) is 0 Å². The number of nitrogens with zero attached hydrogens (tertiary/aromatic N) is 1. The zero-order chi connectivity index (χ0) is 12.3. The molecule has 0 aliphatic heterocycles. The van der Waals surface area contributed by atoms with Gasteiger partial charge in [-0.3, -0.25) is 5.41 Å². The van der Waals surface area contributed by atoms with Crippen LogP contribution in [0.15, 0.2) is 42.6 Å². The maximum absolute atomic E-state index is 8.09. The molecule has 0 radical (unpaired) electrons. The lowest BCUT2D eigenvalue weighted by Crippen LogP contribution is -2.02. The van der Waals surface area contributed by atoms with Gasteiger partial charge in [-0.25, -0.2) is 4.98 Å². The molecule has 2 aromatic rings. The number of methoxy groups -OCH3 is 1. The summed E-state index contributed by atoms with van der Waals surface area (Å²) in [5, 5.41) is 8.09. The normalized spacial score (nSPS) is 10.0. The average Bonchev–Trinajstić information content (AvgIpc) is 2.39. The van der Waals surface area contributed by atoms with E-state index in [1.54, 1.807) is 19.4 Å².